The van der Waals surface area contributed by atoms with Crippen molar-refractivity contribution in [1.29, 1.82) is 0 Å². The Hall–Kier alpha value is -3.33. The van der Waals surface area contributed by atoms with E-state index in [0.29, 0.717) is 6.42 Å². The Morgan fingerprint density at radius 3 is 2.50 bits per heavy atom. The summed E-state index contributed by atoms with van der Waals surface area (Å²) in [6.07, 6.45) is 1.50. The minimum atomic E-state index is -0.148. The van der Waals surface area contributed by atoms with Gasteiger partial charge in [-0.2, -0.15) is 0 Å². The molecule has 3 aromatic carbocycles. The highest BCUT2D eigenvalue weighted by molar-refractivity contribution is 6.13. The third-order valence-corrected chi connectivity index (χ3v) is 6.60. The summed E-state index contributed by atoms with van der Waals surface area (Å²) in [7, 11) is 0. The molecule has 1 aromatic heterocycles. The predicted octanol–water partition coefficient (Wildman–Crippen LogP) is 6.63. The fourth-order valence-corrected chi connectivity index (χ4v) is 5.32. The lowest BCUT2D eigenvalue weighted by molar-refractivity contribution is -0.118. The number of para-hydroxylation sites is 1. The van der Waals surface area contributed by atoms with Crippen LogP contribution in [0.2, 0.25) is 0 Å². The molecular formula is C27H24N2O. The standard InChI is InChI=1S/C27H24N2O/c1-27(2)14-19-24-18-9-5-3-7-16(18)11-12-21(24)29-26(25(19)23(30)15-27)22-13-17-8-4-6-10-20(17)28-22/h3-13,26,28-29H,14-15H2,1-2H3. The van der Waals surface area contributed by atoms with E-state index in [9.17, 15) is 4.79 Å². The highest BCUT2D eigenvalue weighted by atomic mass is 16.1. The molecule has 0 amide bonds. The predicted molar refractivity (Wildman–Crippen MR) is 124 cm³/mol. The van der Waals surface area contributed by atoms with Gasteiger partial charge in [0.2, 0.25) is 0 Å². The van der Waals surface area contributed by atoms with Crippen LogP contribution < -0.4 is 5.32 Å². The maximum Gasteiger partial charge on any atom is 0.162 e. The third-order valence-electron chi connectivity index (χ3n) is 6.60. The van der Waals surface area contributed by atoms with Gasteiger partial charge in [0.15, 0.2) is 5.78 Å². The van der Waals surface area contributed by atoms with Gasteiger partial charge in [0.25, 0.3) is 0 Å². The number of nitrogens with one attached hydrogen (secondary N) is 2. The van der Waals surface area contributed by atoms with Crippen molar-refractivity contribution in [2.75, 3.05) is 5.32 Å². The molecule has 0 radical (unpaired) electrons. The summed E-state index contributed by atoms with van der Waals surface area (Å²) in [5.74, 6) is 0.260. The molecule has 0 spiro atoms. The minimum Gasteiger partial charge on any atom is -0.372 e. The van der Waals surface area contributed by atoms with E-state index in [2.05, 4.69) is 84.8 Å². The third kappa shape index (κ3) is 2.55. The molecule has 1 unspecified atom stereocenters. The molecule has 4 aromatic rings. The number of carbonyl (C=O) groups is 1. The number of aromatic amines is 1. The van der Waals surface area contributed by atoms with Crippen LogP contribution in [0.5, 0.6) is 0 Å². The van der Waals surface area contributed by atoms with Gasteiger partial charge in [0.05, 0.1) is 6.04 Å². The Labute approximate surface area is 175 Å². The smallest absolute Gasteiger partial charge is 0.162 e. The number of ketones is 1. The molecule has 0 saturated heterocycles. The van der Waals surface area contributed by atoms with Crippen molar-refractivity contribution in [1.82, 2.24) is 4.98 Å². The molecule has 3 heteroatoms. The molecule has 148 valence electrons. The first-order chi connectivity index (χ1) is 14.5. The normalized spacial score (nSPS) is 20.2. The molecule has 3 nitrogen and oxygen atoms in total. The van der Waals surface area contributed by atoms with Crippen LogP contribution in [0.15, 0.2) is 72.3 Å². The van der Waals surface area contributed by atoms with Gasteiger partial charge in [-0.15, -0.1) is 0 Å². The number of fused-ring (bicyclic) bond motifs is 5. The van der Waals surface area contributed by atoms with Crippen molar-refractivity contribution in [3.63, 3.8) is 0 Å². The molecule has 1 aliphatic heterocycles. The van der Waals surface area contributed by atoms with E-state index < -0.39 is 0 Å². The number of hydrogen-bond acceptors (Lipinski definition) is 2. The summed E-state index contributed by atoms with van der Waals surface area (Å²) in [5.41, 5.74) is 6.58. The largest absolute Gasteiger partial charge is 0.372 e. The van der Waals surface area contributed by atoms with Crippen LogP contribution in [0.4, 0.5) is 5.69 Å². The molecule has 6 rings (SSSR count). The number of rotatable bonds is 1. The van der Waals surface area contributed by atoms with Gasteiger partial charge < -0.3 is 10.3 Å². The topological polar surface area (TPSA) is 44.9 Å². The van der Waals surface area contributed by atoms with E-state index >= 15 is 0 Å². The number of H-pyrrole nitrogens is 1. The van der Waals surface area contributed by atoms with Gasteiger partial charge in [0.1, 0.15) is 0 Å². The van der Waals surface area contributed by atoms with Crippen LogP contribution in [0, 0.1) is 5.41 Å². The quantitative estimate of drug-likeness (QED) is 0.382. The van der Waals surface area contributed by atoms with Crippen LogP contribution >= 0.6 is 0 Å². The van der Waals surface area contributed by atoms with Crippen molar-refractivity contribution in [2.24, 2.45) is 5.41 Å². The van der Waals surface area contributed by atoms with E-state index in [1.54, 1.807) is 0 Å². The van der Waals surface area contributed by atoms with Gasteiger partial charge >= 0.3 is 0 Å². The SMILES string of the molecule is CC1(C)CC(=O)C2=C(C1)c1c(ccc3ccccc13)NC2c1cc2ccccc2[nH]1. The second-order valence-corrected chi connectivity index (χ2v) is 9.43. The monoisotopic (exact) mass is 392 g/mol. The number of allylic oxidation sites excluding steroid dienone is 1. The van der Waals surface area contributed by atoms with Crippen LogP contribution in [-0.2, 0) is 4.79 Å². The summed E-state index contributed by atoms with van der Waals surface area (Å²) in [6.45, 7) is 4.42. The number of Topliss-reactive ketones (excluding diaryl/α,β-unsaturated/α-hetero) is 1. The molecule has 1 atom stereocenters. The molecular weight excluding hydrogens is 368 g/mol. The first-order valence-electron chi connectivity index (χ1n) is 10.6. The lowest BCUT2D eigenvalue weighted by Gasteiger charge is -2.39. The Morgan fingerprint density at radius 2 is 1.67 bits per heavy atom. The van der Waals surface area contributed by atoms with Gasteiger partial charge in [0, 0.05) is 34.5 Å². The van der Waals surface area contributed by atoms with Gasteiger partial charge in [-0.3, -0.25) is 4.79 Å². The second kappa shape index (κ2) is 6.09. The molecule has 1 aliphatic carbocycles. The molecule has 30 heavy (non-hydrogen) atoms. The number of anilines is 1. The van der Waals surface area contributed by atoms with Crippen molar-refractivity contribution in [3.8, 4) is 0 Å². The number of carbonyl (C=O) groups excluding carboxylic acids is 1. The molecule has 2 N–H and O–H groups in total. The summed E-state index contributed by atoms with van der Waals surface area (Å²) in [4.78, 5) is 17.0. The zero-order valence-electron chi connectivity index (χ0n) is 17.3. The fraction of sp³-hybridized carbons (Fsp3) is 0.222. The molecule has 0 saturated carbocycles. The fourth-order valence-electron chi connectivity index (χ4n) is 5.32. The van der Waals surface area contributed by atoms with Crippen LogP contribution in [0.3, 0.4) is 0 Å². The van der Waals surface area contributed by atoms with Crippen molar-refractivity contribution < 1.29 is 4.79 Å². The number of aromatic nitrogens is 1. The average molecular weight is 393 g/mol. The molecule has 2 aliphatic rings. The van der Waals surface area contributed by atoms with E-state index in [0.717, 1.165) is 28.9 Å². The first-order valence-corrected chi connectivity index (χ1v) is 10.6. The Morgan fingerprint density at radius 1 is 0.900 bits per heavy atom. The highest BCUT2D eigenvalue weighted by Crippen LogP contribution is 2.52. The Kier molecular flexibility index (Phi) is 3.55. The zero-order chi connectivity index (χ0) is 20.5. The molecule has 2 heterocycles. The Bertz CT molecular complexity index is 1340. The van der Waals surface area contributed by atoms with Crippen molar-refractivity contribution in [3.05, 3.63) is 83.6 Å². The summed E-state index contributed by atoms with van der Waals surface area (Å²) < 4.78 is 0. The maximum absolute atomic E-state index is 13.5. The van der Waals surface area contributed by atoms with Gasteiger partial charge in [-0.25, -0.2) is 0 Å². The lowest BCUT2D eigenvalue weighted by Crippen LogP contribution is -2.33. The highest BCUT2D eigenvalue weighted by Gasteiger charge is 2.41. The number of hydrogen-bond donors (Lipinski definition) is 2. The second-order valence-electron chi connectivity index (χ2n) is 9.43. The maximum atomic E-state index is 13.5. The van der Waals surface area contributed by atoms with Crippen LogP contribution in [-0.4, -0.2) is 10.8 Å². The van der Waals surface area contributed by atoms with Gasteiger partial charge in [-0.1, -0.05) is 62.4 Å². The van der Waals surface area contributed by atoms with E-state index in [1.165, 1.54) is 27.3 Å². The van der Waals surface area contributed by atoms with Crippen LogP contribution in [0.25, 0.3) is 27.2 Å². The van der Waals surface area contributed by atoms with Gasteiger partial charge in [-0.05, 0) is 51.8 Å². The minimum absolute atomic E-state index is 0.0352. The summed E-state index contributed by atoms with van der Waals surface area (Å²) >= 11 is 0. The number of benzene rings is 3. The molecule has 0 fully saturated rings. The van der Waals surface area contributed by atoms with E-state index in [1.807, 2.05) is 6.07 Å². The van der Waals surface area contributed by atoms with E-state index in [-0.39, 0.29) is 17.2 Å². The zero-order valence-corrected chi connectivity index (χ0v) is 17.3. The summed E-state index contributed by atoms with van der Waals surface area (Å²) in [6, 6.07) is 23.1. The Balaban J connectivity index is 1.63. The average Bonchev–Trinajstić information content (AvgIpc) is 3.16. The molecule has 0 bridgehead atoms. The van der Waals surface area contributed by atoms with Crippen LogP contribution in [0.1, 0.15) is 44.0 Å². The van der Waals surface area contributed by atoms with Crippen molar-refractivity contribution >= 4 is 38.7 Å². The van der Waals surface area contributed by atoms with E-state index in [4.69, 9.17) is 0 Å². The first kappa shape index (κ1) is 17.5. The lowest BCUT2D eigenvalue weighted by atomic mass is 9.68. The van der Waals surface area contributed by atoms with Crippen molar-refractivity contribution in [2.45, 2.75) is 32.7 Å². The summed E-state index contributed by atoms with van der Waals surface area (Å²) in [5, 5.41) is 7.31.